The molecule has 0 aliphatic carbocycles. The van der Waals surface area contributed by atoms with Crippen molar-refractivity contribution in [3.63, 3.8) is 0 Å². The predicted molar refractivity (Wildman–Crippen MR) is 40.4 cm³/mol. The van der Waals surface area contributed by atoms with Crippen LogP contribution in [0.2, 0.25) is 0 Å². The zero-order valence-electron chi connectivity index (χ0n) is 5.92. The summed E-state index contributed by atoms with van der Waals surface area (Å²) in [6, 6.07) is 8.43. The Morgan fingerprint density at radius 3 is 3.10 bits per heavy atom. The largest absolute Gasteiger partial charge is 0.398 e. The van der Waals surface area contributed by atoms with Crippen LogP contribution < -0.4 is 5.73 Å². The van der Waals surface area contributed by atoms with Gasteiger partial charge in [0.15, 0.2) is 0 Å². The minimum Gasteiger partial charge on any atom is -0.398 e. The molecule has 2 heteroatoms. The van der Waals surface area contributed by atoms with Gasteiger partial charge in [-0.3, -0.25) is 0 Å². The van der Waals surface area contributed by atoms with E-state index < -0.39 is 0 Å². The number of methoxy groups -OCH3 is 1. The lowest BCUT2D eigenvalue weighted by molar-refractivity contribution is 0.185. The maximum absolute atomic E-state index is 5.48. The van der Waals surface area contributed by atoms with Crippen LogP contribution in [-0.2, 0) is 11.3 Å². The van der Waals surface area contributed by atoms with E-state index in [1.165, 1.54) is 0 Å². The van der Waals surface area contributed by atoms with Gasteiger partial charge in [-0.1, -0.05) is 12.1 Å². The van der Waals surface area contributed by atoms with Crippen LogP contribution in [0.3, 0.4) is 0 Å². The van der Waals surface area contributed by atoms with E-state index in [-0.39, 0.29) is 0 Å². The second-order valence-corrected chi connectivity index (χ2v) is 2.09. The summed E-state index contributed by atoms with van der Waals surface area (Å²) in [5.74, 6) is 0. The molecule has 10 heavy (non-hydrogen) atoms. The third-order valence-electron chi connectivity index (χ3n) is 1.20. The van der Waals surface area contributed by atoms with Gasteiger partial charge < -0.3 is 10.5 Å². The van der Waals surface area contributed by atoms with Crippen molar-refractivity contribution in [2.24, 2.45) is 0 Å². The summed E-state index contributed by atoms with van der Waals surface area (Å²) < 4.78 is 4.91. The lowest BCUT2D eigenvalue weighted by atomic mass is 10.2. The number of benzene rings is 1. The molecule has 53 valence electrons. The third-order valence-corrected chi connectivity index (χ3v) is 1.20. The number of rotatable bonds is 2. The minimum absolute atomic E-state index is 0.610. The van der Waals surface area contributed by atoms with Crippen LogP contribution in [-0.4, -0.2) is 7.11 Å². The van der Waals surface area contributed by atoms with Crippen molar-refractivity contribution in [3.05, 3.63) is 29.8 Å². The Hall–Kier alpha value is -1.02. The molecule has 0 atom stereocenters. The third kappa shape index (κ3) is 1.74. The molecule has 0 aliphatic heterocycles. The average molecular weight is 136 g/mol. The molecule has 0 saturated heterocycles. The number of hydrogen-bond donors (Lipinski definition) is 1. The van der Waals surface area contributed by atoms with Gasteiger partial charge in [-0.05, 0) is 11.6 Å². The summed E-state index contributed by atoms with van der Waals surface area (Å²) in [6.07, 6.45) is 0. The first kappa shape index (κ1) is 7.09. The number of anilines is 1. The molecule has 1 aromatic rings. The second kappa shape index (κ2) is 3.22. The maximum atomic E-state index is 5.48. The fourth-order valence-electron chi connectivity index (χ4n) is 0.791. The topological polar surface area (TPSA) is 35.2 Å². The molecule has 0 bridgehead atoms. The summed E-state index contributed by atoms with van der Waals surface area (Å²) >= 11 is 0. The van der Waals surface area contributed by atoms with Crippen LogP contribution >= 0.6 is 0 Å². The van der Waals surface area contributed by atoms with Gasteiger partial charge >= 0.3 is 0 Å². The monoisotopic (exact) mass is 136 g/mol. The van der Waals surface area contributed by atoms with E-state index >= 15 is 0 Å². The second-order valence-electron chi connectivity index (χ2n) is 2.09. The molecule has 0 spiro atoms. The van der Waals surface area contributed by atoms with E-state index in [0.717, 1.165) is 5.56 Å². The van der Waals surface area contributed by atoms with Crippen LogP contribution in [0.4, 0.5) is 5.69 Å². The summed E-state index contributed by atoms with van der Waals surface area (Å²) in [5.41, 5.74) is 7.22. The van der Waals surface area contributed by atoms with Crippen LogP contribution in [0.25, 0.3) is 0 Å². The first-order valence-electron chi connectivity index (χ1n) is 3.08. The summed E-state index contributed by atoms with van der Waals surface area (Å²) in [6.45, 7) is 0.610. The molecule has 0 aliphatic rings. The van der Waals surface area contributed by atoms with Crippen molar-refractivity contribution in [3.8, 4) is 0 Å². The van der Waals surface area contributed by atoms with Crippen LogP contribution in [0.1, 0.15) is 5.56 Å². The van der Waals surface area contributed by atoms with Gasteiger partial charge in [0.2, 0.25) is 0 Å². The summed E-state index contributed by atoms with van der Waals surface area (Å²) in [5, 5.41) is 0. The molecule has 1 radical (unpaired) electrons. The summed E-state index contributed by atoms with van der Waals surface area (Å²) in [7, 11) is 1.66. The first-order valence-corrected chi connectivity index (χ1v) is 3.08. The van der Waals surface area contributed by atoms with E-state index in [1.807, 2.05) is 12.1 Å². The van der Waals surface area contributed by atoms with E-state index in [9.17, 15) is 0 Å². The average Bonchev–Trinajstić information content (AvgIpc) is 1.88. The SMILES string of the molecule is COCc1cc[c]c(N)c1. The van der Waals surface area contributed by atoms with Gasteiger partial charge in [0, 0.05) is 18.9 Å². The Morgan fingerprint density at radius 2 is 2.50 bits per heavy atom. The quantitative estimate of drug-likeness (QED) is 0.620. The summed E-state index contributed by atoms with van der Waals surface area (Å²) in [4.78, 5) is 0. The molecular weight excluding hydrogens is 126 g/mol. The molecule has 0 fully saturated rings. The number of ether oxygens (including phenoxy) is 1. The Kier molecular flexibility index (Phi) is 2.29. The molecule has 2 nitrogen and oxygen atoms in total. The molecule has 1 rings (SSSR count). The molecule has 2 N–H and O–H groups in total. The Balaban J connectivity index is 2.75. The smallest absolute Gasteiger partial charge is 0.0713 e. The van der Waals surface area contributed by atoms with Crippen LogP contribution in [0.15, 0.2) is 18.2 Å². The molecular formula is C8H10NO. The Labute approximate surface area is 60.6 Å². The molecule has 0 saturated carbocycles. The fraction of sp³-hybridized carbons (Fsp3) is 0.250. The highest BCUT2D eigenvalue weighted by Crippen LogP contribution is 2.05. The van der Waals surface area contributed by atoms with Gasteiger partial charge in [-0.2, -0.15) is 0 Å². The van der Waals surface area contributed by atoms with E-state index in [2.05, 4.69) is 6.07 Å². The van der Waals surface area contributed by atoms with Crippen LogP contribution in [0.5, 0.6) is 0 Å². The van der Waals surface area contributed by atoms with Crippen molar-refractivity contribution in [2.45, 2.75) is 6.61 Å². The van der Waals surface area contributed by atoms with Gasteiger partial charge in [0.1, 0.15) is 0 Å². The van der Waals surface area contributed by atoms with Crippen molar-refractivity contribution in [1.82, 2.24) is 0 Å². The molecule has 0 unspecified atom stereocenters. The Morgan fingerprint density at radius 1 is 1.70 bits per heavy atom. The fourth-order valence-corrected chi connectivity index (χ4v) is 0.791. The molecule has 0 aromatic heterocycles. The van der Waals surface area contributed by atoms with Crippen molar-refractivity contribution >= 4 is 5.69 Å². The number of nitrogen functional groups attached to an aromatic ring is 1. The standard InChI is InChI=1S/C8H10NO/c1-10-6-7-3-2-4-8(9)5-7/h2-3,5H,6,9H2,1H3. The number of nitrogens with two attached hydrogens (primary N) is 1. The number of hydrogen-bond acceptors (Lipinski definition) is 2. The highest BCUT2D eigenvalue weighted by Gasteiger charge is 1.90. The van der Waals surface area contributed by atoms with Gasteiger partial charge in [0.25, 0.3) is 0 Å². The highest BCUT2D eigenvalue weighted by molar-refractivity contribution is 5.38. The van der Waals surface area contributed by atoms with E-state index in [4.69, 9.17) is 10.5 Å². The van der Waals surface area contributed by atoms with Gasteiger partial charge in [-0.15, -0.1) is 0 Å². The minimum atomic E-state index is 0.610. The zero-order chi connectivity index (χ0) is 7.40. The van der Waals surface area contributed by atoms with Crippen LogP contribution in [0, 0.1) is 6.07 Å². The maximum Gasteiger partial charge on any atom is 0.0713 e. The lowest BCUT2D eigenvalue weighted by Gasteiger charge is -1.98. The first-order chi connectivity index (χ1) is 4.83. The molecule has 0 heterocycles. The van der Waals surface area contributed by atoms with Crippen molar-refractivity contribution < 1.29 is 4.74 Å². The highest BCUT2D eigenvalue weighted by atomic mass is 16.5. The van der Waals surface area contributed by atoms with E-state index in [1.54, 1.807) is 13.2 Å². The Bertz CT molecular complexity index is 210. The predicted octanol–water partition coefficient (Wildman–Crippen LogP) is 1.22. The van der Waals surface area contributed by atoms with E-state index in [0.29, 0.717) is 12.3 Å². The van der Waals surface area contributed by atoms with Crippen molar-refractivity contribution in [1.29, 1.82) is 0 Å². The lowest BCUT2D eigenvalue weighted by Crippen LogP contribution is -1.90. The normalized spacial score (nSPS) is 9.70. The molecule has 1 aromatic carbocycles. The van der Waals surface area contributed by atoms with Gasteiger partial charge in [0.05, 0.1) is 6.61 Å². The van der Waals surface area contributed by atoms with Crippen molar-refractivity contribution in [2.75, 3.05) is 12.8 Å². The zero-order valence-corrected chi connectivity index (χ0v) is 5.92. The van der Waals surface area contributed by atoms with Gasteiger partial charge in [-0.25, -0.2) is 0 Å². The molecule has 0 amide bonds.